The minimum Gasteiger partial charge on any atom is -0.368 e. The van der Waals surface area contributed by atoms with Crippen molar-refractivity contribution in [1.82, 2.24) is 10.2 Å². The van der Waals surface area contributed by atoms with Crippen molar-refractivity contribution >= 4 is 11.6 Å². The summed E-state index contributed by atoms with van der Waals surface area (Å²) in [7, 11) is 0. The molecule has 25 heavy (non-hydrogen) atoms. The number of carbonyl (C=O) groups excluding carboxylic acids is 1. The van der Waals surface area contributed by atoms with Crippen LogP contribution >= 0.6 is 0 Å². The fourth-order valence-corrected chi connectivity index (χ4v) is 4.12. The third kappa shape index (κ3) is 4.75. The van der Waals surface area contributed by atoms with Crippen molar-refractivity contribution in [1.29, 1.82) is 0 Å². The number of rotatable bonds is 5. The molecule has 0 spiro atoms. The average Bonchev–Trinajstić information content (AvgIpc) is 2.65. The maximum absolute atomic E-state index is 12.5. The summed E-state index contributed by atoms with van der Waals surface area (Å²) in [5.41, 5.74) is 4.02. The predicted molar refractivity (Wildman–Crippen MR) is 104 cm³/mol. The van der Waals surface area contributed by atoms with Gasteiger partial charge in [-0.05, 0) is 43.9 Å². The molecule has 1 aromatic rings. The van der Waals surface area contributed by atoms with Crippen molar-refractivity contribution in [3.63, 3.8) is 0 Å². The largest absolute Gasteiger partial charge is 0.368 e. The molecule has 0 unspecified atom stereocenters. The molecule has 3 rings (SSSR count). The van der Waals surface area contributed by atoms with Gasteiger partial charge in [0.1, 0.15) is 0 Å². The highest BCUT2D eigenvalue weighted by Gasteiger charge is 2.22. The highest BCUT2D eigenvalue weighted by molar-refractivity contribution is 5.76. The van der Waals surface area contributed by atoms with Gasteiger partial charge in [-0.3, -0.25) is 4.79 Å². The van der Waals surface area contributed by atoms with Crippen LogP contribution in [0.1, 0.15) is 49.7 Å². The number of nitrogens with zero attached hydrogens (tertiary/aromatic N) is 2. The fraction of sp³-hybridized carbons (Fsp3) is 0.667. The van der Waals surface area contributed by atoms with Gasteiger partial charge in [-0.25, -0.2) is 0 Å². The number of benzene rings is 1. The molecular weight excluding hydrogens is 310 g/mol. The molecule has 1 N–H and O–H groups in total. The summed E-state index contributed by atoms with van der Waals surface area (Å²) in [5, 5.41) is 3.58. The Labute approximate surface area is 152 Å². The Morgan fingerprint density at radius 1 is 1.08 bits per heavy atom. The van der Waals surface area contributed by atoms with Crippen molar-refractivity contribution in [2.24, 2.45) is 0 Å². The summed E-state index contributed by atoms with van der Waals surface area (Å²) in [6.45, 7) is 8.75. The Kier molecular flexibility index (Phi) is 6.35. The van der Waals surface area contributed by atoms with Gasteiger partial charge in [0.25, 0.3) is 0 Å². The van der Waals surface area contributed by atoms with Gasteiger partial charge in [0.05, 0.1) is 0 Å². The van der Waals surface area contributed by atoms with Crippen LogP contribution in [0.5, 0.6) is 0 Å². The summed E-state index contributed by atoms with van der Waals surface area (Å²) in [4.78, 5) is 16.9. The van der Waals surface area contributed by atoms with Crippen molar-refractivity contribution in [3.05, 3.63) is 29.3 Å². The molecule has 0 radical (unpaired) electrons. The lowest BCUT2D eigenvalue weighted by Gasteiger charge is -2.37. The van der Waals surface area contributed by atoms with E-state index in [1.54, 1.807) is 0 Å². The van der Waals surface area contributed by atoms with E-state index in [4.69, 9.17) is 0 Å². The van der Waals surface area contributed by atoms with E-state index in [1.807, 2.05) is 4.90 Å². The van der Waals surface area contributed by atoms with Crippen LogP contribution < -0.4 is 10.2 Å². The Bertz CT molecular complexity index is 573. The number of nitrogens with one attached hydrogen (secondary N) is 1. The molecule has 0 bridgehead atoms. The molecule has 0 aromatic heterocycles. The van der Waals surface area contributed by atoms with Crippen molar-refractivity contribution < 1.29 is 4.79 Å². The zero-order valence-corrected chi connectivity index (χ0v) is 15.9. The molecule has 1 aliphatic heterocycles. The standard InChI is InChI=1S/C21H33N3O/c1-17-7-6-10-20(18(17)2)23-13-15-24(16-14-23)21(25)11-12-22-19-8-4-3-5-9-19/h6-7,10,19,22H,3-5,8-9,11-16H2,1-2H3. The predicted octanol–water partition coefficient (Wildman–Crippen LogP) is 3.26. The first-order valence-electron chi connectivity index (χ1n) is 9.97. The molecule has 1 aromatic carbocycles. The number of aryl methyl sites for hydroxylation is 1. The Balaban J connectivity index is 1.42. The van der Waals surface area contributed by atoms with Gasteiger partial charge in [0.2, 0.25) is 5.91 Å². The van der Waals surface area contributed by atoms with Crippen molar-refractivity contribution in [3.8, 4) is 0 Å². The minimum atomic E-state index is 0.309. The molecule has 4 heteroatoms. The molecule has 1 saturated heterocycles. The third-order valence-electron chi connectivity index (χ3n) is 5.93. The van der Waals surface area contributed by atoms with E-state index in [2.05, 4.69) is 42.3 Å². The summed E-state index contributed by atoms with van der Waals surface area (Å²) < 4.78 is 0. The zero-order chi connectivity index (χ0) is 17.6. The first kappa shape index (κ1) is 18.2. The van der Waals surface area contributed by atoms with Crippen LogP contribution in [0.3, 0.4) is 0 Å². The lowest BCUT2D eigenvalue weighted by molar-refractivity contribution is -0.131. The second-order valence-corrected chi connectivity index (χ2v) is 7.63. The molecule has 1 heterocycles. The number of piperazine rings is 1. The monoisotopic (exact) mass is 343 g/mol. The second-order valence-electron chi connectivity index (χ2n) is 7.63. The average molecular weight is 344 g/mol. The van der Waals surface area contributed by atoms with Gasteiger partial charge in [0, 0.05) is 50.9 Å². The van der Waals surface area contributed by atoms with E-state index in [-0.39, 0.29) is 0 Å². The Morgan fingerprint density at radius 2 is 1.80 bits per heavy atom. The SMILES string of the molecule is Cc1cccc(N2CCN(C(=O)CCNC3CCCCC3)CC2)c1C. The van der Waals surface area contributed by atoms with Crippen molar-refractivity contribution in [2.45, 2.75) is 58.4 Å². The first-order valence-corrected chi connectivity index (χ1v) is 9.97. The third-order valence-corrected chi connectivity index (χ3v) is 5.93. The lowest BCUT2D eigenvalue weighted by atomic mass is 9.95. The zero-order valence-electron chi connectivity index (χ0n) is 15.9. The molecular formula is C21H33N3O. The maximum atomic E-state index is 12.5. The van der Waals surface area contributed by atoms with Crippen LogP contribution in [0.15, 0.2) is 18.2 Å². The highest BCUT2D eigenvalue weighted by atomic mass is 16.2. The smallest absolute Gasteiger partial charge is 0.223 e. The van der Waals surface area contributed by atoms with Crippen LogP contribution in [0.25, 0.3) is 0 Å². The van der Waals surface area contributed by atoms with Crippen LogP contribution in [0.2, 0.25) is 0 Å². The molecule has 1 saturated carbocycles. The second kappa shape index (κ2) is 8.70. The van der Waals surface area contributed by atoms with E-state index in [0.29, 0.717) is 18.4 Å². The van der Waals surface area contributed by atoms with E-state index in [1.165, 1.54) is 48.9 Å². The van der Waals surface area contributed by atoms with Crippen LogP contribution in [-0.2, 0) is 4.79 Å². The molecule has 1 amide bonds. The van der Waals surface area contributed by atoms with Crippen LogP contribution in [-0.4, -0.2) is 49.6 Å². The topological polar surface area (TPSA) is 35.6 Å². The molecule has 1 aliphatic carbocycles. The number of anilines is 1. The molecule has 2 aliphatic rings. The van der Waals surface area contributed by atoms with E-state index >= 15 is 0 Å². The van der Waals surface area contributed by atoms with E-state index < -0.39 is 0 Å². The molecule has 0 atom stereocenters. The van der Waals surface area contributed by atoms with Gasteiger partial charge in [-0.1, -0.05) is 31.4 Å². The molecule has 2 fully saturated rings. The van der Waals surface area contributed by atoms with E-state index in [9.17, 15) is 4.79 Å². The fourth-order valence-electron chi connectivity index (χ4n) is 4.12. The molecule has 4 nitrogen and oxygen atoms in total. The molecule has 138 valence electrons. The number of carbonyl (C=O) groups is 1. The van der Waals surface area contributed by atoms with Gasteiger partial charge in [0.15, 0.2) is 0 Å². The summed E-state index contributed by atoms with van der Waals surface area (Å²) in [5.74, 6) is 0.309. The number of amides is 1. The maximum Gasteiger partial charge on any atom is 0.223 e. The quantitative estimate of drug-likeness (QED) is 0.891. The number of hydrogen-bond acceptors (Lipinski definition) is 3. The Morgan fingerprint density at radius 3 is 2.52 bits per heavy atom. The van der Waals surface area contributed by atoms with Crippen molar-refractivity contribution in [2.75, 3.05) is 37.6 Å². The van der Waals surface area contributed by atoms with Gasteiger partial charge in [-0.15, -0.1) is 0 Å². The summed E-state index contributed by atoms with van der Waals surface area (Å²) >= 11 is 0. The Hall–Kier alpha value is -1.55. The summed E-state index contributed by atoms with van der Waals surface area (Å²) in [6, 6.07) is 7.14. The normalized spacial score (nSPS) is 19.3. The van der Waals surface area contributed by atoms with Crippen LogP contribution in [0, 0.1) is 13.8 Å². The lowest BCUT2D eigenvalue weighted by Crippen LogP contribution is -2.49. The van der Waals surface area contributed by atoms with Crippen LogP contribution in [0.4, 0.5) is 5.69 Å². The number of hydrogen-bond donors (Lipinski definition) is 1. The van der Waals surface area contributed by atoms with Gasteiger partial charge >= 0.3 is 0 Å². The minimum absolute atomic E-state index is 0.309. The first-order chi connectivity index (χ1) is 12.1. The highest BCUT2D eigenvalue weighted by Crippen LogP contribution is 2.24. The summed E-state index contributed by atoms with van der Waals surface area (Å²) in [6.07, 6.45) is 7.26. The van der Waals surface area contributed by atoms with Gasteiger partial charge < -0.3 is 15.1 Å². The van der Waals surface area contributed by atoms with E-state index in [0.717, 1.165) is 32.7 Å². The van der Waals surface area contributed by atoms with Gasteiger partial charge in [-0.2, -0.15) is 0 Å².